The fourth-order valence-corrected chi connectivity index (χ4v) is 2.67. The van der Waals surface area contributed by atoms with Crippen molar-refractivity contribution in [3.05, 3.63) is 30.1 Å². The van der Waals surface area contributed by atoms with Crippen LogP contribution in [0, 0.1) is 5.82 Å². The molecule has 0 unspecified atom stereocenters. The van der Waals surface area contributed by atoms with Crippen LogP contribution in [0.25, 0.3) is 0 Å². The average Bonchev–Trinajstić information content (AvgIpc) is 2.92. The standard InChI is InChI=1S/C14H16FN3O4S/c1-9(22-11-5-3-2-4-10(11)15)14(21)17-16-12(19)6-18-8-23-7-13(18)20/h2-5,9H,6-8H2,1H3,(H,16,19)(H,17,21)/t9-/m1/s1. The number of carbonyl (C=O) groups is 3. The summed E-state index contributed by atoms with van der Waals surface area (Å²) < 4.78 is 18.6. The summed E-state index contributed by atoms with van der Waals surface area (Å²) in [7, 11) is 0. The van der Waals surface area contributed by atoms with Gasteiger partial charge in [-0.2, -0.15) is 0 Å². The molecule has 1 saturated heterocycles. The van der Waals surface area contributed by atoms with E-state index in [4.69, 9.17) is 4.74 Å². The second-order valence-electron chi connectivity index (χ2n) is 4.80. The quantitative estimate of drug-likeness (QED) is 0.751. The maximum Gasteiger partial charge on any atom is 0.279 e. The van der Waals surface area contributed by atoms with Crippen molar-refractivity contribution in [2.24, 2.45) is 0 Å². The number of hydrazine groups is 1. The zero-order valence-corrected chi connectivity index (χ0v) is 13.2. The van der Waals surface area contributed by atoms with Gasteiger partial charge in [0.15, 0.2) is 17.7 Å². The summed E-state index contributed by atoms with van der Waals surface area (Å²) in [6.07, 6.45) is -1.00. The lowest BCUT2D eigenvalue weighted by molar-refractivity contribution is -0.135. The van der Waals surface area contributed by atoms with E-state index < -0.39 is 23.7 Å². The zero-order valence-electron chi connectivity index (χ0n) is 12.4. The average molecular weight is 341 g/mol. The molecule has 2 rings (SSSR count). The largest absolute Gasteiger partial charge is 0.478 e. The van der Waals surface area contributed by atoms with Gasteiger partial charge in [0.05, 0.1) is 11.6 Å². The number of nitrogens with zero attached hydrogens (tertiary/aromatic N) is 1. The van der Waals surface area contributed by atoms with E-state index in [0.29, 0.717) is 11.6 Å². The predicted octanol–water partition coefficient (Wildman–Crippen LogP) is 0.273. The Morgan fingerprint density at radius 2 is 2.13 bits per heavy atom. The molecule has 1 aliphatic rings. The highest BCUT2D eigenvalue weighted by Gasteiger charge is 2.23. The number of halogens is 1. The van der Waals surface area contributed by atoms with Crippen molar-refractivity contribution >= 4 is 29.5 Å². The van der Waals surface area contributed by atoms with E-state index in [9.17, 15) is 18.8 Å². The Morgan fingerprint density at radius 3 is 2.78 bits per heavy atom. The van der Waals surface area contributed by atoms with E-state index in [2.05, 4.69) is 10.9 Å². The van der Waals surface area contributed by atoms with Crippen LogP contribution in [-0.4, -0.2) is 46.9 Å². The molecule has 1 aromatic rings. The maximum atomic E-state index is 13.4. The Hall–Kier alpha value is -2.29. The number of para-hydroxylation sites is 1. The molecule has 9 heteroatoms. The monoisotopic (exact) mass is 341 g/mol. The van der Waals surface area contributed by atoms with Crippen LogP contribution in [0.15, 0.2) is 24.3 Å². The molecule has 1 fully saturated rings. The van der Waals surface area contributed by atoms with Crippen molar-refractivity contribution in [2.45, 2.75) is 13.0 Å². The topological polar surface area (TPSA) is 87.7 Å². The van der Waals surface area contributed by atoms with E-state index in [-0.39, 0.29) is 18.2 Å². The molecule has 0 aromatic heterocycles. The van der Waals surface area contributed by atoms with E-state index >= 15 is 0 Å². The second-order valence-corrected chi connectivity index (χ2v) is 5.75. The number of rotatable bonds is 5. The van der Waals surface area contributed by atoms with Gasteiger partial charge in [-0.3, -0.25) is 25.2 Å². The number of amides is 3. The van der Waals surface area contributed by atoms with Crippen molar-refractivity contribution in [1.82, 2.24) is 15.8 Å². The molecule has 0 saturated carbocycles. The molecule has 0 bridgehead atoms. The molecule has 0 spiro atoms. The van der Waals surface area contributed by atoms with Gasteiger partial charge in [0.1, 0.15) is 6.54 Å². The normalized spacial score (nSPS) is 15.2. The molecule has 0 aliphatic carbocycles. The fraction of sp³-hybridized carbons (Fsp3) is 0.357. The van der Waals surface area contributed by atoms with Gasteiger partial charge < -0.3 is 9.64 Å². The first-order valence-electron chi connectivity index (χ1n) is 6.83. The number of benzene rings is 1. The first-order valence-corrected chi connectivity index (χ1v) is 7.98. The van der Waals surface area contributed by atoms with Crippen LogP contribution in [0.5, 0.6) is 5.75 Å². The third-order valence-electron chi connectivity index (χ3n) is 2.99. The number of ether oxygens (including phenoxy) is 1. The Kier molecular flexibility index (Phi) is 5.80. The smallest absolute Gasteiger partial charge is 0.279 e. The van der Waals surface area contributed by atoms with Gasteiger partial charge in [0, 0.05) is 0 Å². The van der Waals surface area contributed by atoms with Crippen molar-refractivity contribution in [3.63, 3.8) is 0 Å². The van der Waals surface area contributed by atoms with Gasteiger partial charge in [0.2, 0.25) is 5.91 Å². The Bertz CT molecular complexity index is 613. The van der Waals surface area contributed by atoms with Gasteiger partial charge >= 0.3 is 0 Å². The summed E-state index contributed by atoms with van der Waals surface area (Å²) in [6, 6.07) is 5.70. The first-order chi connectivity index (χ1) is 11.0. The Morgan fingerprint density at radius 1 is 1.39 bits per heavy atom. The minimum absolute atomic E-state index is 0.0545. The lowest BCUT2D eigenvalue weighted by atomic mass is 10.3. The summed E-state index contributed by atoms with van der Waals surface area (Å²) in [5.41, 5.74) is 4.38. The predicted molar refractivity (Wildman–Crippen MR) is 81.8 cm³/mol. The van der Waals surface area contributed by atoms with Crippen LogP contribution < -0.4 is 15.6 Å². The number of hydrogen-bond donors (Lipinski definition) is 2. The van der Waals surface area contributed by atoms with Crippen molar-refractivity contribution in [3.8, 4) is 5.75 Å². The molecular weight excluding hydrogens is 325 g/mol. The zero-order chi connectivity index (χ0) is 16.8. The second kappa shape index (κ2) is 7.82. The van der Waals surface area contributed by atoms with Crippen LogP contribution in [0.4, 0.5) is 4.39 Å². The molecule has 23 heavy (non-hydrogen) atoms. The van der Waals surface area contributed by atoms with Crippen LogP contribution in [-0.2, 0) is 14.4 Å². The minimum atomic E-state index is -1.00. The van der Waals surface area contributed by atoms with E-state index in [0.717, 1.165) is 0 Å². The van der Waals surface area contributed by atoms with Crippen LogP contribution in [0.3, 0.4) is 0 Å². The summed E-state index contributed by atoms with van der Waals surface area (Å²) in [4.78, 5) is 36.2. The van der Waals surface area contributed by atoms with Crippen LogP contribution in [0.1, 0.15) is 6.92 Å². The van der Waals surface area contributed by atoms with E-state index in [1.807, 2.05) is 0 Å². The summed E-state index contributed by atoms with van der Waals surface area (Å²) >= 11 is 1.42. The molecule has 0 radical (unpaired) electrons. The number of nitrogens with one attached hydrogen (secondary N) is 2. The van der Waals surface area contributed by atoms with Gasteiger partial charge in [-0.15, -0.1) is 11.8 Å². The third-order valence-corrected chi connectivity index (χ3v) is 3.94. The summed E-state index contributed by atoms with van der Waals surface area (Å²) in [5.74, 6) is -1.11. The number of thioether (sulfide) groups is 1. The molecule has 124 valence electrons. The first kappa shape index (κ1) is 17.1. The van der Waals surface area contributed by atoms with E-state index in [1.165, 1.54) is 41.8 Å². The molecule has 2 N–H and O–H groups in total. The Labute approximate surface area is 136 Å². The highest BCUT2D eigenvalue weighted by molar-refractivity contribution is 8.00. The van der Waals surface area contributed by atoms with Gasteiger partial charge in [-0.05, 0) is 19.1 Å². The SMILES string of the molecule is C[C@@H](Oc1ccccc1F)C(=O)NNC(=O)CN1CSCC1=O. The van der Waals surface area contributed by atoms with Crippen molar-refractivity contribution in [2.75, 3.05) is 18.2 Å². The van der Waals surface area contributed by atoms with E-state index in [1.54, 1.807) is 6.07 Å². The lowest BCUT2D eigenvalue weighted by Crippen LogP contribution is -2.50. The molecule has 1 heterocycles. The molecule has 3 amide bonds. The lowest BCUT2D eigenvalue weighted by Gasteiger charge is -2.17. The van der Waals surface area contributed by atoms with Crippen molar-refractivity contribution < 1.29 is 23.5 Å². The number of hydrogen-bond acceptors (Lipinski definition) is 5. The molecule has 1 aliphatic heterocycles. The summed E-state index contributed by atoms with van der Waals surface area (Å²) in [5, 5.41) is 0. The molecule has 1 atom stereocenters. The van der Waals surface area contributed by atoms with Crippen LogP contribution >= 0.6 is 11.8 Å². The Balaban J connectivity index is 1.76. The van der Waals surface area contributed by atoms with Gasteiger partial charge in [-0.25, -0.2) is 4.39 Å². The minimum Gasteiger partial charge on any atom is -0.478 e. The number of carbonyl (C=O) groups excluding carboxylic acids is 3. The molecular formula is C14H16FN3O4S. The van der Waals surface area contributed by atoms with Crippen LogP contribution in [0.2, 0.25) is 0 Å². The highest BCUT2D eigenvalue weighted by atomic mass is 32.2. The maximum absolute atomic E-state index is 13.4. The van der Waals surface area contributed by atoms with Gasteiger partial charge in [-0.1, -0.05) is 12.1 Å². The van der Waals surface area contributed by atoms with Crippen molar-refractivity contribution in [1.29, 1.82) is 0 Å². The fourth-order valence-electron chi connectivity index (χ4n) is 1.77. The molecule has 1 aromatic carbocycles. The third kappa shape index (κ3) is 4.85. The highest BCUT2D eigenvalue weighted by Crippen LogP contribution is 2.17. The van der Waals surface area contributed by atoms with Gasteiger partial charge in [0.25, 0.3) is 11.8 Å². The molecule has 7 nitrogen and oxygen atoms in total. The summed E-state index contributed by atoms with van der Waals surface area (Å²) in [6.45, 7) is 1.29.